The zero-order valence-electron chi connectivity index (χ0n) is 6.85. The maximum absolute atomic E-state index is 10.4. The fourth-order valence-electron chi connectivity index (χ4n) is 0.876. The van der Waals surface area contributed by atoms with Gasteiger partial charge in [0.2, 0.25) is 0 Å². The number of rotatable bonds is 4. The van der Waals surface area contributed by atoms with Crippen LogP contribution in [0.15, 0.2) is 0 Å². The van der Waals surface area contributed by atoms with Gasteiger partial charge in [-0.25, -0.2) is 4.79 Å². The monoisotopic (exact) mass is 223 g/mol. The SMILES string of the molecule is CCC(CC)(CBr)NC(=O)O. The van der Waals surface area contributed by atoms with Crippen LogP contribution in [0, 0.1) is 0 Å². The van der Waals surface area contributed by atoms with Gasteiger partial charge in [-0.15, -0.1) is 0 Å². The van der Waals surface area contributed by atoms with Crippen LogP contribution in [0.3, 0.4) is 0 Å². The maximum Gasteiger partial charge on any atom is 0.405 e. The Balaban J connectivity index is 4.16. The normalized spacial score (nSPS) is 11.2. The lowest BCUT2D eigenvalue weighted by atomic mass is 9.96. The predicted molar refractivity (Wildman–Crippen MR) is 48.3 cm³/mol. The highest BCUT2D eigenvalue weighted by atomic mass is 79.9. The van der Waals surface area contributed by atoms with Crippen LogP contribution in [-0.4, -0.2) is 22.1 Å². The molecule has 0 bridgehead atoms. The molecule has 0 aromatic rings. The Bertz CT molecular complexity index is 126. The first-order valence-electron chi connectivity index (χ1n) is 3.67. The van der Waals surface area contributed by atoms with E-state index in [1.807, 2.05) is 13.8 Å². The third-order valence-electron chi connectivity index (χ3n) is 1.98. The largest absolute Gasteiger partial charge is 0.465 e. The molecule has 0 rings (SSSR count). The summed E-state index contributed by atoms with van der Waals surface area (Å²) >= 11 is 3.30. The quantitative estimate of drug-likeness (QED) is 0.719. The summed E-state index contributed by atoms with van der Waals surface area (Å²) in [5.74, 6) is 0. The van der Waals surface area contributed by atoms with Crippen LogP contribution in [0.2, 0.25) is 0 Å². The molecule has 3 nitrogen and oxygen atoms in total. The van der Waals surface area contributed by atoms with E-state index in [-0.39, 0.29) is 5.54 Å². The Labute approximate surface area is 75.3 Å². The summed E-state index contributed by atoms with van der Waals surface area (Å²) in [7, 11) is 0. The first-order valence-corrected chi connectivity index (χ1v) is 4.79. The highest BCUT2D eigenvalue weighted by Crippen LogP contribution is 2.17. The lowest BCUT2D eigenvalue weighted by molar-refractivity contribution is 0.178. The molecule has 0 unspecified atom stereocenters. The second-order valence-corrected chi connectivity index (χ2v) is 3.11. The molecule has 0 saturated carbocycles. The lowest BCUT2D eigenvalue weighted by Crippen LogP contribution is -2.48. The number of carbonyl (C=O) groups is 1. The van der Waals surface area contributed by atoms with E-state index < -0.39 is 6.09 Å². The molecule has 1 amide bonds. The molecule has 0 saturated heterocycles. The Kier molecular flexibility index (Phi) is 4.49. The van der Waals surface area contributed by atoms with Gasteiger partial charge in [0.25, 0.3) is 0 Å². The van der Waals surface area contributed by atoms with E-state index in [0.717, 1.165) is 12.8 Å². The summed E-state index contributed by atoms with van der Waals surface area (Å²) in [4.78, 5) is 10.4. The van der Waals surface area contributed by atoms with E-state index in [2.05, 4.69) is 21.2 Å². The smallest absolute Gasteiger partial charge is 0.405 e. The molecule has 0 aliphatic heterocycles. The zero-order valence-corrected chi connectivity index (χ0v) is 8.44. The van der Waals surface area contributed by atoms with Crippen molar-refractivity contribution in [1.29, 1.82) is 0 Å². The average molecular weight is 224 g/mol. The van der Waals surface area contributed by atoms with Crippen LogP contribution >= 0.6 is 15.9 Å². The number of nitrogens with one attached hydrogen (secondary N) is 1. The van der Waals surface area contributed by atoms with Crippen molar-refractivity contribution in [3.8, 4) is 0 Å². The highest BCUT2D eigenvalue weighted by Gasteiger charge is 2.26. The summed E-state index contributed by atoms with van der Waals surface area (Å²) in [6.07, 6.45) is 0.662. The molecule has 0 aromatic heterocycles. The van der Waals surface area contributed by atoms with E-state index in [4.69, 9.17) is 5.11 Å². The molecule has 4 heteroatoms. The van der Waals surface area contributed by atoms with Gasteiger partial charge >= 0.3 is 6.09 Å². The van der Waals surface area contributed by atoms with E-state index >= 15 is 0 Å². The summed E-state index contributed by atoms with van der Waals surface area (Å²) in [6.45, 7) is 3.95. The second-order valence-electron chi connectivity index (χ2n) is 2.55. The van der Waals surface area contributed by atoms with Gasteiger partial charge in [-0.2, -0.15) is 0 Å². The summed E-state index contributed by atoms with van der Waals surface area (Å²) < 4.78 is 0. The van der Waals surface area contributed by atoms with Crippen LogP contribution in [0.1, 0.15) is 26.7 Å². The number of halogens is 1. The Hall–Kier alpha value is -0.250. The molecule has 2 N–H and O–H groups in total. The molecule has 66 valence electrons. The van der Waals surface area contributed by atoms with Crippen molar-refractivity contribution in [3.05, 3.63) is 0 Å². The van der Waals surface area contributed by atoms with Crippen molar-refractivity contribution in [3.63, 3.8) is 0 Å². The van der Waals surface area contributed by atoms with Gasteiger partial charge in [-0.1, -0.05) is 29.8 Å². The van der Waals surface area contributed by atoms with Crippen LogP contribution in [0.5, 0.6) is 0 Å². The van der Waals surface area contributed by atoms with Crippen molar-refractivity contribution < 1.29 is 9.90 Å². The van der Waals surface area contributed by atoms with Crippen LogP contribution in [0.4, 0.5) is 4.79 Å². The number of carboxylic acid groups (broad SMARTS) is 1. The third-order valence-corrected chi connectivity index (χ3v) is 3.05. The first kappa shape index (κ1) is 10.8. The standard InChI is InChI=1S/C7H14BrNO2/c1-3-7(4-2,5-8)9-6(10)11/h9H,3-5H2,1-2H3,(H,10,11). The molecule has 0 spiro atoms. The molecule has 0 heterocycles. The molecule has 0 aliphatic rings. The van der Waals surface area contributed by atoms with Gasteiger partial charge in [0, 0.05) is 5.33 Å². The van der Waals surface area contributed by atoms with Gasteiger partial charge in [0.05, 0.1) is 5.54 Å². The molecule has 11 heavy (non-hydrogen) atoms. The highest BCUT2D eigenvalue weighted by molar-refractivity contribution is 9.09. The minimum Gasteiger partial charge on any atom is -0.465 e. The van der Waals surface area contributed by atoms with Crippen molar-refractivity contribution in [2.45, 2.75) is 32.2 Å². The Morgan fingerprint density at radius 1 is 1.55 bits per heavy atom. The van der Waals surface area contributed by atoms with E-state index in [9.17, 15) is 4.79 Å². The summed E-state index contributed by atoms with van der Waals surface area (Å²) in [5.41, 5.74) is -0.286. The average Bonchev–Trinajstić information content (AvgIpc) is 2.00. The maximum atomic E-state index is 10.4. The second kappa shape index (κ2) is 4.59. The van der Waals surface area contributed by atoms with Crippen molar-refractivity contribution >= 4 is 22.0 Å². The van der Waals surface area contributed by atoms with Gasteiger partial charge in [0.15, 0.2) is 0 Å². The Morgan fingerprint density at radius 2 is 2.00 bits per heavy atom. The van der Waals surface area contributed by atoms with Gasteiger partial charge in [0.1, 0.15) is 0 Å². The molecule has 0 fully saturated rings. The third kappa shape index (κ3) is 3.10. The van der Waals surface area contributed by atoms with Gasteiger partial charge < -0.3 is 10.4 Å². The number of hydrogen-bond donors (Lipinski definition) is 2. The Morgan fingerprint density at radius 3 is 2.09 bits per heavy atom. The zero-order chi connectivity index (χ0) is 8.91. The first-order chi connectivity index (χ1) is 5.10. The summed E-state index contributed by atoms with van der Waals surface area (Å²) in [5, 5.41) is 11.7. The van der Waals surface area contributed by atoms with Crippen molar-refractivity contribution in [1.82, 2.24) is 5.32 Å². The van der Waals surface area contributed by atoms with E-state index in [1.165, 1.54) is 0 Å². The topological polar surface area (TPSA) is 49.3 Å². The van der Waals surface area contributed by atoms with Gasteiger partial charge in [-0.3, -0.25) is 0 Å². The van der Waals surface area contributed by atoms with Gasteiger partial charge in [-0.05, 0) is 12.8 Å². The van der Waals surface area contributed by atoms with E-state index in [0.29, 0.717) is 5.33 Å². The minimum absolute atomic E-state index is 0.286. The minimum atomic E-state index is -0.951. The van der Waals surface area contributed by atoms with Crippen LogP contribution in [0.25, 0.3) is 0 Å². The van der Waals surface area contributed by atoms with Crippen LogP contribution < -0.4 is 5.32 Å². The lowest BCUT2D eigenvalue weighted by Gasteiger charge is -2.28. The fraction of sp³-hybridized carbons (Fsp3) is 0.857. The molecular weight excluding hydrogens is 210 g/mol. The molecular formula is C7H14BrNO2. The van der Waals surface area contributed by atoms with Crippen LogP contribution in [-0.2, 0) is 0 Å². The molecule has 0 radical (unpaired) electrons. The summed E-state index contributed by atoms with van der Waals surface area (Å²) in [6, 6.07) is 0. The number of hydrogen-bond acceptors (Lipinski definition) is 1. The number of alkyl halides is 1. The molecule has 0 aliphatic carbocycles. The predicted octanol–water partition coefficient (Wildman–Crippen LogP) is 2.21. The molecule has 0 aromatic carbocycles. The van der Waals surface area contributed by atoms with E-state index in [1.54, 1.807) is 0 Å². The molecule has 0 atom stereocenters. The van der Waals surface area contributed by atoms with Crippen molar-refractivity contribution in [2.24, 2.45) is 0 Å². The number of amides is 1. The fourth-order valence-corrected chi connectivity index (χ4v) is 1.81. The van der Waals surface area contributed by atoms with Crippen molar-refractivity contribution in [2.75, 3.05) is 5.33 Å².